The van der Waals surface area contributed by atoms with Crippen LogP contribution in [0, 0.1) is 6.92 Å². The molecule has 1 fully saturated rings. The van der Waals surface area contributed by atoms with Crippen LogP contribution in [0.3, 0.4) is 0 Å². The predicted octanol–water partition coefficient (Wildman–Crippen LogP) is 1.02. The summed E-state index contributed by atoms with van der Waals surface area (Å²) in [6, 6.07) is 1.53. The third-order valence-corrected chi connectivity index (χ3v) is 3.94. The van der Waals surface area contributed by atoms with Crippen LogP contribution in [0.1, 0.15) is 24.2 Å². The van der Waals surface area contributed by atoms with Crippen LogP contribution in [-0.4, -0.2) is 53.2 Å². The molecule has 0 saturated carbocycles. The Labute approximate surface area is 120 Å². The van der Waals surface area contributed by atoms with Crippen molar-refractivity contribution in [2.24, 2.45) is 0 Å². The van der Waals surface area contributed by atoms with Crippen LogP contribution in [0.25, 0.3) is 0 Å². The van der Waals surface area contributed by atoms with Gasteiger partial charge in [-0.1, -0.05) is 0 Å². The average molecular weight is 279 g/mol. The molecule has 0 aliphatic carbocycles. The van der Waals surface area contributed by atoms with Gasteiger partial charge in [0.15, 0.2) is 5.75 Å². The monoisotopic (exact) mass is 279 g/mol. The smallest absolute Gasteiger partial charge is 0.223 e. The fourth-order valence-electron chi connectivity index (χ4n) is 2.74. The van der Waals surface area contributed by atoms with Gasteiger partial charge in [-0.15, -0.1) is 0 Å². The summed E-state index contributed by atoms with van der Waals surface area (Å²) in [5.74, 6) is -0.0822. The van der Waals surface area contributed by atoms with Crippen molar-refractivity contribution in [2.75, 3.05) is 33.7 Å². The van der Waals surface area contributed by atoms with Crippen LogP contribution in [0.5, 0.6) is 5.75 Å². The van der Waals surface area contributed by atoms with Gasteiger partial charge in [0.25, 0.3) is 0 Å². The zero-order valence-corrected chi connectivity index (χ0v) is 12.7. The van der Waals surface area contributed by atoms with Crippen molar-refractivity contribution < 1.29 is 5.11 Å². The van der Waals surface area contributed by atoms with E-state index in [0.29, 0.717) is 6.54 Å². The van der Waals surface area contributed by atoms with E-state index in [0.717, 1.165) is 37.6 Å². The minimum atomic E-state index is -0.266. The maximum Gasteiger partial charge on any atom is 0.223 e. The van der Waals surface area contributed by atoms with E-state index in [-0.39, 0.29) is 11.2 Å². The van der Waals surface area contributed by atoms with Gasteiger partial charge >= 0.3 is 0 Å². The molecule has 0 bridgehead atoms. The van der Waals surface area contributed by atoms with Gasteiger partial charge < -0.3 is 14.6 Å². The molecule has 1 aromatic rings. The number of hydrogen-bond acceptors (Lipinski definition) is 4. The molecule has 0 unspecified atom stereocenters. The van der Waals surface area contributed by atoms with Crippen LogP contribution >= 0.6 is 0 Å². The Morgan fingerprint density at radius 2 is 1.95 bits per heavy atom. The quantitative estimate of drug-likeness (QED) is 0.874. The number of pyridine rings is 1. The van der Waals surface area contributed by atoms with Crippen LogP contribution in [0.15, 0.2) is 10.9 Å². The van der Waals surface area contributed by atoms with Crippen molar-refractivity contribution in [3.05, 3.63) is 27.7 Å². The van der Waals surface area contributed by atoms with E-state index in [2.05, 4.69) is 14.4 Å². The molecule has 20 heavy (non-hydrogen) atoms. The number of likely N-dealkylation sites (tertiary alicyclic amines) is 1. The van der Waals surface area contributed by atoms with E-state index in [1.54, 1.807) is 0 Å². The third-order valence-electron chi connectivity index (χ3n) is 3.94. The molecule has 0 atom stereocenters. The third kappa shape index (κ3) is 3.41. The number of aromatic nitrogens is 1. The zero-order chi connectivity index (χ0) is 14.7. The van der Waals surface area contributed by atoms with Crippen LogP contribution < -0.4 is 5.43 Å². The summed E-state index contributed by atoms with van der Waals surface area (Å²) in [6.07, 6.45) is 2.41. The van der Waals surface area contributed by atoms with Gasteiger partial charge in [0.1, 0.15) is 0 Å². The predicted molar refractivity (Wildman–Crippen MR) is 80.2 cm³/mol. The van der Waals surface area contributed by atoms with E-state index in [1.807, 2.05) is 21.0 Å². The summed E-state index contributed by atoms with van der Waals surface area (Å²) < 4.78 is 2.08. The molecule has 0 aromatic carbocycles. The van der Waals surface area contributed by atoms with Crippen molar-refractivity contribution in [1.29, 1.82) is 0 Å². The Morgan fingerprint density at radius 1 is 1.30 bits per heavy atom. The van der Waals surface area contributed by atoms with Crippen molar-refractivity contribution in [2.45, 2.75) is 32.9 Å². The van der Waals surface area contributed by atoms with Crippen molar-refractivity contribution in [1.82, 2.24) is 14.4 Å². The first-order valence-electron chi connectivity index (χ1n) is 7.28. The first-order valence-corrected chi connectivity index (χ1v) is 7.28. The summed E-state index contributed by atoms with van der Waals surface area (Å²) in [6.45, 7) is 6.37. The molecule has 1 aliphatic heterocycles. The Bertz CT molecular complexity index is 517. The Balaban J connectivity index is 2.31. The van der Waals surface area contributed by atoms with Gasteiger partial charge in [-0.25, -0.2) is 0 Å². The molecule has 0 amide bonds. The molecular formula is C15H25N3O2. The molecule has 2 rings (SSSR count). The van der Waals surface area contributed by atoms with E-state index in [9.17, 15) is 9.90 Å². The molecule has 0 radical (unpaired) electrons. The highest BCUT2D eigenvalue weighted by atomic mass is 16.3. The van der Waals surface area contributed by atoms with Crippen LogP contribution in [-0.2, 0) is 13.1 Å². The van der Waals surface area contributed by atoms with Gasteiger partial charge in [0.2, 0.25) is 5.43 Å². The number of likely N-dealkylation sites (N-methyl/N-ethyl adjacent to an activating group) is 1. The zero-order valence-electron chi connectivity index (χ0n) is 12.7. The Kier molecular flexibility index (Phi) is 4.83. The average Bonchev–Trinajstić information content (AvgIpc) is 2.87. The molecule has 5 heteroatoms. The topological polar surface area (TPSA) is 48.7 Å². The molecule has 112 valence electrons. The molecule has 1 N–H and O–H groups in total. The van der Waals surface area contributed by atoms with Crippen molar-refractivity contribution in [3.63, 3.8) is 0 Å². The number of nitrogens with zero attached hydrogens (tertiary/aromatic N) is 3. The van der Waals surface area contributed by atoms with E-state index < -0.39 is 0 Å². The lowest BCUT2D eigenvalue weighted by Gasteiger charge is -2.23. The van der Waals surface area contributed by atoms with E-state index in [1.165, 1.54) is 18.9 Å². The van der Waals surface area contributed by atoms with Crippen molar-refractivity contribution >= 4 is 0 Å². The minimum Gasteiger partial charge on any atom is -0.503 e. The summed E-state index contributed by atoms with van der Waals surface area (Å²) in [7, 11) is 4.05. The normalized spacial score (nSPS) is 16.2. The SMILES string of the molecule is Cc1cc(=O)c(O)c(CN2CCCC2)n1CCN(C)C. The lowest BCUT2D eigenvalue weighted by atomic mass is 10.2. The molecule has 2 heterocycles. The molecule has 1 aromatic heterocycles. The molecule has 5 nitrogen and oxygen atoms in total. The minimum absolute atomic E-state index is 0.0822. The largest absolute Gasteiger partial charge is 0.503 e. The second-order valence-corrected chi connectivity index (χ2v) is 5.88. The van der Waals surface area contributed by atoms with Crippen LogP contribution in [0.4, 0.5) is 0 Å². The fraction of sp³-hybridized carbons (Fsp3) is 0.667. The Morgan fingerprint density at radius 3 is 2.55 bits per heavy atom. The van der Waals surface area contributed by atoms with Gasteiger partial charge in [-0.2, -0.15) is 0 Å². The molecular weight excluding hydrogens is 254 g/mol. The first-order chi connectivity index (χ1) is 9.49. The maximum atomic E-state index is 11.8. The number of rotatable bonds is 5. The highest BCUT2D eigenvalue weighted by Crippen LogP contribution is 2.19. The molecule has 1 aliphatic rings. The number of hydrogen-bond donors (Lipinski definition) is 1. The first kappa shape index (κ1) is 15.1. The van der Waals surface area contributed by atoms with E-state index in [4.69, 9.17) is 0 Å². The van der Waals surface area contributed by atoms with Crippen molar-refractivity contribution in [3.8, 4) is 5.75 Å². The fourth-order valence-corrected chi connectivity index (χ4v) is 2.74. The highest BCUT2D eigenvalue weighted by molar-refractivity contribution is 5.30. The van der Waals surface area contributed by atoms with Gasteiger partial charge in [-0.3, -0.25) is 9.69 Å². The highest BCUT2D eigenvalue weighted by Gasteiger charge is 2.18. The maximum absolute atomic E-state index is 11.8. The summed E-state index contributed by atoms with van der Waals surface area (Å²) in [4.78, 5) is 16.2. The second-order valence-electron chi connectivity index (χ2n) is 5.88. The Hall–Kier alpha value is -1.33. The molecule has 0 spiro atoms. The summed E-state index contributed by atoms with van der Waals surface area (Å²) in [5.41, 5.74) is 1.42. The number of aryl methyl sites for hydroxylation is 1. The molecule has 1 saturated heterocycles. The van der Waals surface area contributed by atoms with Gasteiger partial charge in [-0.05, 0) is 47.0 Å². The standard InChI is InChI=1S/C15H25N3O2/c1-12-10-14(19)15(20)13(11-17-6-4-5-7-17)18(12)9-8-16(2)3/h10,20H,4-9,11H2,1-3H3. The second kappa shape index (κ2) is 6.41. The lowest BCUT2D eigenvalue weighted by molar-refractivity contribution is 0.302. The van der Waals surface area contributed by atoms with Gasteiger partial charge in [0, 0.05) is 31.4 Å². The van der Waals surface area contributed by atoms with E-state index >= 15 is 0 Å². The number of aromatic hydroxyl groups is 1. The van der Waals surface area contributed by atoms with Crippen LogP contribution in [0.2, 0.25) is 0 Å². The summed E-state index contributed by atoms with van der Waals surface area (Å²) in [5, 5.41) is 10.2. The van der Waals surface area contributed by atoms with Gasteiger partial charge in [0.05, 0.1) is 5.69 Å². The summed E-state index contributed by atoms with van der Waals surface area (Å²) >= 11 is 0. The lowest BCUT2D eigenvalue weighted by Crippen LogP contribution is -2.27.